The summed E-state index contributed by atoms with van der Waals surface area (Å²) in [6, 6.07) is 9.75. The zero-order chi connectivity index (χ0) is 17.6. The Morgan fingerprint density at radius 3 is 2.60 bits per heavy atom. The van der Waals surface area contributed by atoms with E-state index < -0.39 is 6.10 Å². The van der Waals surface area contributed by atoms with Crippen LogP contribution in [0.1, 0.15) is 18.9 Å². The number of piperazine rings is 1. The van der Waals surface area contributed by atoms with Gasteiger partial charge >= 0.3 is 0 Å². The van der Waals surface area contributed by atoms with Crippen molar-refractivity contribution in [3.05, 3.63) is 35.9 Å². The molecule has 3 rings (SSSR count). The van der Waals surface area contributed by atoms with Gasteiger partial charge in [0.15, 0.2) is 0 Å². The molecule has 0 bridgehead atoms. The van der Waals surface area contributed by atoms with Gasteiger partial charge < -0.3 is 15.1 Å². The molecule has 2 aliphatic rings. The van der Waals surface area contributed by atoms with Gasteiger partial charge in [0, 0.05) is 52.6 Å². The molecule has 1 N–H and O–H groups in total. The Bertz CT molecular complexity index is 639. The summed E-state index contributed by atoms with van der Waals surface area (Å²) in [6.07, 6.45) is -0.0580. The number of nitrogens with zero attached hydrogens (tertiary/aromatic N) is 3. The number of carbonyl (C=O) groups is 2. The van der Waals surface area contributed by atoms with Crippen LogP contribution in [-0.4, -0.2) is 72.7 Å². The van der Waals surface area contributed by atoms with E-state index in [2.05, 4.69) is 15.4 Å². The molecule has 1 aromatic rings. The van der Waals surface area contributed by atoms with Crippen LogP contribution < -0.4 is 5.32 Å². The molecule has 7 heteroatoms. The minimum absolute atomic E-state index is 0.126. The fourth-order valence-corrected chi connectivity index (χ4v) is 3.06. The number of nitrogens with one attached hydrogen (secondary N) is 1. The average Bonchev–Trinajstić information content (AvgIpc) is 3.13. The van der Waals surface area contributed by atoms with Gasteiger partial charge in [0.1, 0.15) is 0 Å². The summed E-state index contributed by atoms with van der Waals surface area (Å²) < 4.78 is 0. The summed E-state index contributed by atoms with van der Waals surface area (Å²) >= 11 is 0. The van der Waals surface area contributed by atoms with Crippen molar-refractivity contribution >= 4 is 17.5 Å². The second-order valence-corrected chi connectivity index (χ2v) is 6.34. The highest BCUT2D eigenvalue weighted by atomic mass is 16.6. The smallest absolute Gasteiger partial charge is 0.264 e. The van der Waals surface area contributed by atoms with E-state index in [9.17, 15) is 9.59 Å². The number of hydrogen-bond acceptors (Lipinski definition) is 5. The fraction of sp³-hybridized carbons (Fsp3) is 0.500. The highest BCUT2D eigenvalue weighted by Gasteiger charge is 2.28. The molecule has 2 heterocycles. The normalized spacial score (nSPS) is 20.8. The number of rotatable bonds is 5. The number of amides is 2. The predicted octanol–water partition coefficient (Wildman–Crippen LogP) is 0.460. The summed E-state index contributed by atoms with van der Waals surface area (Å²) in [7, 11) is 0. The molecule has 7 nitrogen and oxygen atoms in total. The van der Waals surface area contributed by atoms with E-state index in [-0.39, 0.29) is 11.8 Å². The van der Waals surface area contributed by atoms with Gasteiger partial charge in [-0.2, -0.15) is 0 Å². The van der Waals surface area contributed by atoms with Crippen LogP contribution in [-0.2, 0) is 14.4 Å². The van der Waals surface area contributed by atoms with E-state index in [0.717, 1.165) is 44.0 Å². The Labute approximate surface area is 147 Å². The molecule has 0 aromatic heterocycles. The molecule has 2 amide bonds. The standard InChI is InChI=1S/C18H24N4O3/c1-14(23)22-11-9-21(10-12-22)8-7-19-18(24)17-13-16(20-25-17)15-5-3-2-4-6-15/h2-6,17H,7-13H2,1H3,(H,19,24)/t17-/m0/s1. The third kappa shape index (κ3) is 4.57. The third-order valence-electron chi connectivity index (χ3n) is 4.61. The van der Waals surface area contributed by atoms with Crippen LogP contribution in [0, 0.1) is 0 Å². The van der Waals surface area contributed by atoms with E-state index in [1.54, 1.807) is 6.92 Å². The Hall–Kier alpha value is -2.41. The maximum absolute atomic E-state index is 12.2. The van der Waals surface area contributed by atoms with Crippen molar-refractivity contribution in [2.75, 3.05) is 39.3 Å². The van der Waals surface area contributed by atoms with Gasteiger partial charge in [0.05, 0.1) is 5.71 Å². The first-order valence-electron chi connectivity index (χ1n) is 8.67. The molecule has 25 heavy (non-hydrogen) atoms. The van der Waals surface area contributed by atoms with Crippen molar-refractivity contribution in [3.63, 3.8) is 0 Å². The zero-order valence-electron chi connectivity index (χ0n) is 14.5. The molecule has 1 aromatic carbocycles. The number of oxime groups is 1. The first-order valence-corrected chi connectivity index (χ1v) is 8.67. The molecule has 1 fully saturated rings. The Balaban J connectivity index is 1.36. The van der Waals surface area contributed by atoms with Crippen LogP contribution in [0.4, 0.5) is 0 Å². The second kappa shape index (κ2) is 8.11. The average molecular weight is 344 g/mol. The SMILES string of the molecule is CC(=O)N1CCN(CCNC(=O)[C@@H]2CC(c3ccccc3)=NO2)CC1. The Morgan fingerprint density at radius 1 is 1.20 bits per heavy atom. The first kappa shape index (κ1) is 17.4. The van der Waals surface area contributed by atoms with Gasteiger partial charge in [-0.25, -0.2) is 0 Å². The van der Waals surface area contributed by atoms with Crippen molar-refractivity contribution in [3.8, 4) is 0 Å². The number of carbonyl (C=O) groups excluding carboxylic acids is 2. The van der Waals surface area contributed by atoms with E-state index in [1.807, 2.05) is 35.2 Å². The molecule has 1 atom stereocenters. The molecule has 0 aliphatic carbocycles. The largest absolute Gasteiger partial charge is 0.382 e. The highest BCUT2D eigenvalue weighted by molar-refractivity contribution is 6.04. The van der Waals surface area contributed by atoms with Crippen molar-refractivity contribution in [2.24, 2.45) is 5.16 Å². The lowest BCUT2D eigenvalue weighted by Gasteiger charge is -2.34. The van der Waals surface area contributed by atoms with Crippen LogP contribution in [0.5, 0.6) is 0 Å². The van der Waals surface area contributed by atoms with Crippen LogP contribution in [0.15, 0.2) is 35.5 Å². The van der Waals surface area contributed by atoms with Gasteiger partial charge in [-0.05, 0) is 5.56 Å². The molecule has 134 valence electrons. The van der Waals surface area contributed by atoms with E-state index in [0.29, 0.717) is 13.0 Å². The summed E-state index contributed by atoms with van der Waals surface area (Å²) in [5.41, 5.74) is 1.79. The summed E-state index contributed by atoms with van der Waals surface area (Å²) in [4.78, 5) is 32.9. The van der Waals surface area contributed by atoms with Crippen LogP contribution in [0.2, 0.25) is 0 Å². The van der Waals surface area contributed by atoms with Gasteiger partial charge in [-0.15, -0.1) is 0 Å². The first-order chi connectivity index (χ1) is 12.1. The topological polar surface area (TPSA) is 74.2 Å². The molecule has 0 spiro atoms. The predicted molar refractivity (Wildman–Crippen MR) is 94.2 cm³/mol. The molecular formula is C18H24N4O3. The molecular weight excluding hydrogens is 320 g/mol. The molecule has 2 aliphatic heterocycles. The summed E-state index contributed by atoms with van der Waals surface area (Å²) in [6.45, 7) is 6.14. The number of benzene rings is 1. The minimum atomic E-state index is -0.551. The van der Waals surface area contributed by atoms with E-state index in [4.69, 9.17) is 4.84 Å². The lowest BCUT2D eigenvalue weighted by molar-refractivity contribution is -0.131. The molecule has 0 saturated carbocycles. The van der Waals surface area contributed by atoms with Gasteiger partial charge in [0.2, 0.25) is 12.0 Å². The van der Waals surface area contributed by atoms with E-state index >= 15 is 0 Å². The van der Waals surface area contributed by atoms with Crippen molar-refractivity contribution < 1.29 is 14.4 Å². The van der Waals surface area contributed by atoms with Crippen molar-refractivity contribution in [1.82, 2.24) is 15.1 Å². The van der Waals surface area contributed by atoms with E-state index in [1.165, 1.54) is 0 Å². The third-order valence-corrected chi connectivity index (χ3v) is 4.61. The molecule has 0 radical (unpaired) electrons. The van der Waals surface area contributed by atoms with Gasteiger partial charge in [-0.3, -0.25) is 14.5 Å². The van der Waals surface area contributed by atoms with Gasteiger partial charge in [-0.1, -0.05) is 35.5 Å². The highest BCUT2D eigenvalue weighted by Crippen LogP contribution is 2.16. The lowest BCUT2D eigenvalue weighted by atomic mass is 10.0. The lowest BCUT2D eigenvalue weighted by Crippen LogP contribution is -2.50. The van der Waals surface area contributed by atoms with Crippen LogP contribution >= 0.6 is 0 Å². The second-order valence-electron chi connectivity index (χ2n) is 6.34. The summed E-state index contributed by atoms with van der Waals surface area (Å²) in [5.74, 6) is -0.00221. The minimum Gasteiger partial charge on any atom is -0.382 e. The van der Waals surface area contributed by atoms with Crippen LogP contribution in [0.25, 0.3) is 0 Å². The monoisotopic (exact) mass is 344 g/mol. The molecule has 0 unspecified atom stereocenters. The number of hydrogen-bond donors (Lipinski definition) is 1. The van der Waals surface area contributed by atoms with Crippen molar-refractivity contribution in [1.29, 1.82) is 0 Å². The maximum Gasteiger partial charge on any atom is 0.264 e. The fourth-order valence-electron chi connectivity index (χ4n) is 3.06. The quantitative estimate of drug-likeness (QED) is 0.842. The van der Waals surface area contributed by atoms with Gasteiger partial charge in [0.25, 0.3) is 5.91 Å². The van der Waals surface area contributed by atoms with Crippen LogP contribution in [0.3, 0.4) is 0 Å². The summed E-state index contributed by atoms with van der Waals surface area (Å²) in [5, 5.41) is 6.96. The Morgan fingerprint density at radius 2 is 1.92 bits per heavy atom. The maximum atomic E-state index is 12.2. The van der Waals surface area contributed by atoms with Crippen molar-refractivity contribution in [2.45, 2.75) is 19.4 Å². The zero-order valence-corrected chi connectivity index (χ0v) is 14.5. The Kier molecular flexibility index (Phi) is 5.65. The molecule has 1 saturated heterocycles.